The first kappa shape index (κ1) is 19.3. The predicted molar refractivity (Wildman–Crippen MR) is 107 cm³/mol. The lowest BCUT2D eigenvalue weighted by Crippen LogP contribution is -2.28. The van der Waals surface area contributed by atoms with Crippen molar-refractivity contribution in [1.29, 1.82) is 0 Å². The number of benzene rings is 2. The van der Waals surface area contributed by atoms with Gasteiger partial charge >= 0.3 is 0 Å². The average molecular weight is 411 g/mol. The molecular weight excluding hydrogens is 390 g/mol. The number of hydrogen-bond donors (Lipinski definition) is 1. The van der Waals surface area contributed by atoms with E-state index in [1.807, 2.05) is 12.1 Å². The molecule has 9 heteroatoms. The zero-order valence-corrected chi connectivity index (χ0v) is 16.5. The van der Waals surface area contributed by atoms with E-state index < -0.39 is 10.0 Å². The van der Waals surface area contributed by atoms with Crippen molar-refractivity contribution in [2.75, 3.05) is 13.1 Å². The summed E-state index contributed by atoms with van der Waals surface area (Å²) >= 11 is 0. The molecule has 2 heterocycles. The zero-order chi connectivity index (χ0) is 20.3. The number of aromatic nitrogens is 3. The van der Waals surface area contributed by atoms with Crippen LogP contribution in [0, 0.1) is 0 Å². The van der Waals surface area contributed by atoms with Crippen LogP contribution >= 0.6 is 0 Å². The molecular formula is C20H21N5O3S. The van der Waals surface area contributed by atoms with Crippen molar-refractivity contribution in [1.82, 2.24) is 24.4 Å². The van der Waals surface area contributed by atoms with Crippen molar-refractivity contribution in [2.45, 2.75) is 24.3 Å². The molecule has 0 bridgehead atoms. The molecule has 0 aliphatic carbocycles. The molecule has 150 valence electrons. The Hall–Kier alpha value is -3.04. The molecule has 1 amide bonds. The average Bonchev–Trinajstić information content (AvgIpc) is 3.47. The fourth-order valence-electron chi connectivity index (χ4n) is 3.26. The van der Waals surface area contributed by atoms with Gasteiger partial charge in [0.15, 0.2) is 0 Å². The van der Waals surface area contributed by atoms with Gasteiger partial charge in [-0.1, -0.05) is 12.1 Å². The molecule has 1 N–H and O–H groups in total. The highest BCUT2D eigenvalue weighted by Gasteiger charge is 2.26. The van der Waals surface area contributed by atoms with Crippen LogP contribution in [0.5, 0.6) is 0 Å². The van der Waals surface area contributed by atoms with Gasteiger partial charge < -0.3 is 5.32 Å². The van der Waals surface area contributed by atoms with Crippen LogP contribution in [0.3, 0.4) is 0 Å². The second kappa shape index (κ2) is 8.14. The summed E-state index contributed by atoms with van der Waals surface area (Å²) in [5, 5.41) is 10.4. The van der Waals surface area contributed by atoms with Crippen LogP contribution in [0.2, 0.25) is 0 Å². The maximum absolute atomic E-state index is 12.6. The van der Waals surface area contributed by atoms with E-state index in [-0.39, 0.29) is 5.91 Å². The van der Waals surface area contributed by atoms with Crippen LogP contribution in [0.25, 0.3) is 5.69 Å². The normalized spacial score (nSPS) is 14.8. The predicted octanol–water partition coefficient (Wildman–Crippen LogP) is 1.98. The lowest BCUT2D eigenvalue weighted by Gasteiger charge is -2.15. The summed E-state index contributed by atoms with van der Waals surface area (Å²) in [7, 11) is -3.42. The van der Waals surface area contributed by atoms with Crippen LogP contribution in [0.1, 0.15) is 28.8 Å². The van der Waals surface area contributed by atoms with Gasteiger partial charge in [-0.05, 0) is 54.8 Å². The monoisotopic (exact) mass is 411 g/mol. The van der Waals surface area contributed by atoms with Crippen LogP contribution < -0.4 is 5.32 Å². The molecule has 0 radical (unpaired) electrons. The summed E-state index contributed by atoms with van der Waals surface area (Å²) in [6.07, 6.45) is 4.98. The van der Waals surface area contributed by atoms with Gasteiger partial charge in [0.1, 0.15) is 12.7 Å². The van der Waals surface area contributed by atoms with Crippen molar-refractivity contribution in [2.24, 2.45) is 0 Å². The smallest absolute Gasteiger partial charge is 0.251 e. The molecule has 1 fully saturated rings. The van der Waals surface area contributed by atoms with Crippen molar-refractivity contribution in [3.8, 4) is 5.69 Å². The summed E-state index contributed by atoms with van der Waals surface area (Å²) in [6, 6.07) is 13.8. The van der Waals surface area contributed by atoms with E-state index in [4.69, 9.17) is 0 Å². The van der Waals surface area contributed by atoms with Crippen molar-refractivity contribution in [3.63, 3.8) is 0 Å². The van der Waals surface area contributed by atoms with Gasteiger partial charge in [0, 0.05) is 30.9 Å². The summed E-state index contributed by atoms with van der Waals surface area (Å²) in [6.45, 7) is 1.47. The first-order valence-corrected chi connectivity index (χ1v) is 10.8. The molecule has 1 aliphatic rings. The molecule has 1 aromatic heterocycles. The highest BCUT2D eigenvalue weighted by atomic mass is 32.2. The summed E-state index contributed by atoms with van der Waals surface area (Å²) in [4.78, 5) is 12.7. The molecule has 4 rings (SSSR count). The Morgan fingerprint density at radius 2 is 1.55 bits per heavy atom. The molecule has 0 unspecified atom stereocenters. The van der Waals surface area contributed by atoms with E-state index in [0.717, 1.165) is 24.1 Å². The molecule has 1 saturated heterocycles. The van der Waals surface area contributed by atoms with Crippen molar-refractivity contribution < 1.29 is 13.2 Å². The molecule has 8 nitrogen and oxygen atoms in total. The minimum Gasteiger partial charge on any atom is -0.348 e. The maximum atomic E-state index is 12.6. The van der Waals surface area contributed by atoms with Crippen LogP contribution in [0.15, 0.2) is 66.1 Å². The van der Waals surface area contributed by atoms with Crippen LogP contribution in [-0.4, -0.2) is 46.5 Å². The molecule has 0 saturated carbocycles. The van der Waals surface area contributed by atoms with Crippen molar-refractivity contribution in [3.05, 3.63) is 72.3 Å². The van der Waals surface area contributed by atoms with E-state index >= 15 is 0 Å². The number of nitrogens with one attached hydrogen (secondary N) is 1. The third-order valence-electron chi connectivity index (χ3n) is 4.93. The first-order valence-electron chi connectivity index (χ1n) is 9.36. The lowest BCUT2D eigenvalue weighted by molar-refractivity contribution is 0.0951. The highest BCUT2D eigenvalue weighted by molar-refractivity contribution is 7.89. The Bertz CT molecular complexity index is 1070. The SMILES string of the molecule is O=C(NCc1ccc(S(=O)(=O)N2CCCC2)cc1)c1ccc(-n2cnnc2)cc1. The summed E-state index contributed by atoms with van der Waals surface area (Å²) in [5.74, 6) is -0.200. The highest BCUT2D eigenvalue weighted by Crippen LogP contribution is 2.21. The second-order valence-electron chi connectivity index (χ2n) is 6.85. The van der Waals surface area contributed by atoms with E-state index in [1.54, 1.807) is 53.6 Å². The quantitative estimate of drug-likeness (QED) is 0.669. The fourth-order valence-corrected chi connectivity index (χ4v) is 4.78. The number of hydrogen-bond acceptors (Lipinski definition) is 5. The van der Waals surface area contributed by atoms with Gasteiger partial charge in [0.2, 0.25) is 10.0 Å². The van der Waals surface area contributed by atoms with E-state index in [9.17, 15) is 13.2 Å². The fraction of sp³-hybridized carbons (Fsp3) is 0.250. The second-order valence-corrected chi connectivity index (χ2v) is 8.79. The number of rotatable bonds is 6. The summed E-state index contributed by atoms with van der Waals surface area (Å²) in [5.41, 5.74) is 2.23. The van der Waals surface area contributed by atoms with Gasteiger partial charge in [-0.25, -0.2) is 8.42 Å². The molecule has 0 spiro atoms. The number of nitrogens with zero attached hydrogens (tertiary/aromatic N) is 4. The van der Waals surface area contributed by atoms with Gasteiger partial charge in [0.25, 0.3) is 5.91 Å². The molecule has 3 aromatic rings. The Kier molecular flexibility index (Phi) is 5.41. The summed E-state index contributed by atoms with van der Waals surface area (Å²) < 4.78 is 28.4. The minimum absolute atomic E-state index is 0.200. The molecule has 2 aromatic carbocycles. The maximum Gasteiger partial charge on any atom is 0.251 e. The van der Waals surface area contributed by atoms with Gasteiger partial charge in [0.05, 0.1) is 4.90 Å². The Morgan fingerprint density at radius 3 is 2.17 bits per heavy atom. The Morgan fingerprint density at radius 1 is 0.931 bits per heavy atom. The number of carbonyl (C=O) groups excluding carboxylic acids is 1. The third kappa shape index (κ3) is 4.20. The molecule has 29 heavy (non-hydrogen) atoms. The number of carbonyl (C=O) groups is 1. The zero-order valence-electron chi connectivity index (χ0n) is 15.7. The Labute approximate surface area is 169 Å². The van der Waals surface area contributed by atoms with E-state index in [1.165, 1.54) is 4.31 Å². The molecule has 0 atom stereocenters. The Balaban J connectivity index is 1.37. The molecule has 1 aliphatic heterocycles. The van der Waals surface area contributed by atoms with Crippen LogP contribution in [0.4, 0.5) is 0 Å². The third-order valence-corrected chi connectivity index (χ3v) is 6.84. The lowest BCUT2D eigenvalue weighted by atomic mass is 10.1. The van der Waals surface area contributed by atoms with Gasteiger partial charge in [-0.15, -0.1) is 10.2 Å². The van der Waals surface area contributed by atoms with E-state index in [0.29, 0.717) is 30.1 Å². The minimum atomic E-state index is -3.42. The van der Waals surface area contributed by atoms with Crippen LogP contribution in [-0.2, 0) is 16.6 Å². The largest absolute Gasteiger partial charge is 0.348 e. The van der Waals surface area contributed by atoms with E-state index in [2.05, 4.69) is 15.5 Å². The van der Waals surface area contributed by atoms with Gasteiger partial charge in [-0.3, -0.25) is 9.36 Å². The van der Waals surface area contributed by atoms with Gasteiger partial charge in [-0.2, -0.15) is 4.31 Å². The number of amides is 1. The van der Waals surface area contributed by atoms with Crippen molar-refractivity contribution >= 4 is 15.9 Å². The first-order chi connectivity index (χ1) is 14.0. The topological polar surface area (TPSA) is 97.2 Å². The standard InChI is InChI=1S/C20H21N5O3S/c26-20(17-5-7-18(8-6-17)24-14-22-23-15-24)21-13-16-3-9-19(10-4-16)29(27,28)25-11-1-2-12-25/h3-10,14-15H,1-2,11-13H2,(H,21,26). The number of sulfonamides is 1.